The molecule has 2 aromatic rings. The highest BCUT2D eigenvalue weighted by Gasteiger charge is 2.35. The third kappa shape index (κ3) is 2.79. The average Bonchev–Trinajstić information content (AvgIpc) is 2.28. The minimum atomic E-state index is -4.61. The van der Waals surface area contributed by atoms with Gasteiger partial charge in [0.25, 0.3) is 0 Å². The summed E-state index contributed by atoms with van der Waals surface area (Å²) >= 11 is 3.24. The second-order valence-corrected chi connectivity index (χ2v) is 4.42. The average molecular weight is 318 g/mol. The Bertz CT molecular complexity index is 567. The summed E-state index contributed by atoms with van der Waals surface area (Å²) in [6.45, 7) is 0. The van der Waals surface area contributed by atoms with Gasteiger partial charge in [-0.15, -0.1) is 0 Å². The third-order valence-electron chi connectivity index (χ3n) is 2.14. The molecule has 1 aromatic carbocycles. The highest BCUT2D eigenvalue weighted by molar-refractivity contribution is 9.10. The van der Waals surface area contributed by atoms with Crippen molar-refractivity contribution in [3.05, 3.63) is 40.6 Å². The number of nitrogens with zero attached hydrogens (tertiary/aromatic N) is 2. The molecule has 0 atom stereocenters. The topological polar surface area (TPSA) is 51.8 Å². The molecule has 0 fully saturated rings. The van der Waals surface area contributed by atoms with Crippen LogP contribution in [0.25, 0.3) is 11.3 Å². The van der Waals surface area contributed by atoms with Gasteiger partial charge in [0.15, 0.2) is 0 Å². The molecule has 0 saturated heterocycles. The fraction of sp³-hybridized carbons (Fsp3) is 0.0909. The van der Waals surface area contributed by atoms with Gasteiger partial charge in [0.1, 0.15) is 5.82 Å². The zero-order chi connectivity index (χ0) is 13.3. The molecule has 0 saturated carbocycles. The van der Waals surface area contributed by atoms with Gasteiger partial charge in [-0.2, -0.15) is 13.2 Å². The molecule has 0 aliphatic heterocycles. The molecule has 0 bridgehead atoms. The maximum atomic E-state index is 12.5. The van der Waals surface area contributed by atoms with Crippen molar-refractivity contribution < 1.29 is 13.2 Å². The van der Waals surface area contributed by atoms with Gasteiger partial charge in [0.05, 0.1) is 5.69 Å². The van der Waals surface area contributed by atoms with E-state index in [1.54, 1.807) is 24.3 Å². The van der Waals surface area contributed by atoms with Crippen LogP contribution in [0.3, 0.4) is 0 Å². The molecule has 0 unspecified atom stereocenters. The van der Waals surface area contributed by atoms with Crippen LogP contribution < -0.4 is 5.73 Å². The lowest BCUT2D eigenvalue weighted by Crippen LogP contribution is -2.13. The fourth-order valence-corrected chi connectivity index (χ4v) is 1.63. The lowest BCUT2D eigenvalue weighted by Gasteiger charge is -2.08. The second kappa shape index (κ2) is 4.56. The summed E-state index contributed by atoms with van der Waals surface area (Å²) in [6, 6.07) is 8.01. The predicted octanol–water partition coefficient (Wildman–Crippen LogP) is 3.51. The minimum Gasteiger partial charge on any atom is -0.384 e. The SMILES string of the molecule is Nc1cc(-c2ccc(Br)cc2)nc(C(F)(F)F)n1. The van der Waals surface area contributed by atoms with Crippen molar-refractivity contribution in [1.29, 1.82) is 0 Å². The van der Waals surface area contributed by atoms with E-state index in [1.807, 2.05) is 0 Å². The Hall–Kier alpha value is -1.63. The van der Waals surface area contributed by atoms with E-state index in [9.17, 15) is 13.2 Å². The Morgan fingerprint density at radius 2 is 1.67 bits per heavy atom. The molecule has 0 aliphatic carbocycles. The van der Waals surface area contributed by atoms with E-state index in [2.05, 4.69) is 25.9 Å². The van der Waals surface area contributed by atoms with Gasteiger partial charge in [0.2, 0.25) is 5.82 Å². The number of hydrogen-bond donors (Lipinski definition) is 1. The molecule has 2 N–H and O–H groups in total. The van der Waals surface area contributed by atoms with E-state index in [0.29, 0.717) is 5.56 Å². The molecular weight excluding hydrogens is 311 g/mol. The predicted molar refractivity (Wildman–Crippen MR) is 64.6 cm³/mol. The summed E-state index contributed by atoms with van der Waals surface area (Å²) < 4.78 is 38.4. The summed E-state index contributed by atoms with van der Waals surface area (Å²) in [5.41, 5.74) is 6.04. The van der Waals surface area contributed by atoms with Gasteiger partial charge in [-0.1, -0.05) is 28.1 Å². The van der Waals surface area contributed by atoms with E-state index in [1.165, 1.54) is 6.07 Å². The number of aromatic nitrogens is 2. The van der Waals surface area contributed by atoms with Crippen LogP contribution in [0.4, 0.5) is 19.0 Å². The molecular formula is C11H7BrF3N3. The Morgan fingerprint density at radius 3 is 2.22 bits per heavy atom. The quantitative estimate of drug-likeness (QED) is 0.875. The van der Waals surface area contributed by atoms with E-state index >= 15 is 0 Å². The van der Waals surface area contributed by atoms with E-state index < -0.39 is 12.0 Å². The number of nitrogens with two attached hydrogens (primary N) is 1. The minimum absolute atomic E-state index is 0.141. The zero-order valence-electron chi connectivity index (χ0n) is 8.87. The van der Waals surface area contributed by atoms with Crippen molar-refractivity contribution in [2.45, 2.75) is 6.18 Å². The number of anilines is 1. The molecule has 0 amide bonds. The van der Waals surface area contributed by atoms with Crippen LogP contribution in [0.2, 0.25) is 0 Å². The number of hydrogen-bond acceptors (Lipinski definition) is 3. The first kappa shape index (κ1) is 12.8. The van der Waals surface area contributed by atoms with Crippen LogP contribution in [-0.4, -0.2) is 9.97 Å². The van der Waals surface area contributed by atoms with E-state index in [4.69, 9.17) is 5.73 Å². The Morgan fingerprint density at radius 1 is 1.06 bits per heavy atom. The maximum absolute atomic E-state index is 12.5. The van der Waals surface area contributed by atoms with Crippen molar-refractivity contribution in [3.8, 4) is 11.3 Å². The van der Waals surface area contributed by atoms with Crippen molar-refractivity contribution in [2.24, 2.45) is 0 Å². The molecule has 2 rings (SSSR count). The van der Waals surface area contributed by atoms with Crippen LogP contribution in [0.5, 0.6) is 0 Å². The largest absolute Gasteiger partial charge is 0.451 e. The molecule has 3 nitrogen and oxygen atoms in total. The van der Waals surface area contributed by atoms with Crippen molar-refractivity contribution >= 4 is 21.7 Å². The molecule has 1 aromatic heterocycles. The highest BCUT2D eigenvalue weighted by Crippen LogP contribution is 2.29. The summed E-state index contributed by atoms with van der Waals surface area (Å²) in [6.07, 6.45) is -4.61. The van der Waals surface area contributed by atoms with Crippen molar-refractivity contribution in [1.82, 2.24) is 9.97 Å². The van der Waals surface area contributed by atoms with Gasteiger partial charge in [-0.05, 0) is 12.1 Å². The standard InChI is InChI=1S/C11H7BrF3N3/c12-7-3-1-6(2-4-7)8-5-9(16)18-10(17-8)11(13,14)15/h1-5H,(H2,16,17,18). The number of benzene rings is 1. The van der Waals surface area contributed by atoms with Gasteiger partial charge in [-0.3, -0.25) is 0 Å². The first-order valence-corrected chi connectivity index (χ1v) is 5.63. The molecule has 0 radical (unpaired) electrons. The summed E-state index contributed by atoms with van der Waals surface area (Å²) in [7, 11) is 0. The third-order valence-corrected chi connectivity index (χ3v) is 2.67. The van der Waals surface area contributed by atoms with Crippen LogP contribution in [-0.2, 0) is 6.18 Å². The van der Waals surface area contributed by atoms with Crippen LogP contribution in [0.15, 0.2) is 34.8 Å². The Labute approximate surface area is 109 Å². The number of nitrogen functional groups attached to an aromatic ring is 1. The summed E-state index contributed by atoms with van der Waals surface area (Å²) in [4.78, 5) is 6.65. The number of rotatable bonds is 1. The van der Waals surface area contributed by atoms with Gasteiger partial charge >= 0.3 is 6.18 Å². The van der Waals surface area contributed by atoms with Crippen LogP contribution in [0.1, 0.15) is 5.82 Å². The Balaban J connectivity index is 2.52. The van der Waals surface area contributed by atoms with Gasteiger partial charge < -0.3 is 5.73 Å². The molecule has 94 valence electrons. The number of halogens is 4. The summed E-state index contributed by atoms with van der Waals surface area (Å²) in [5, 5.41) is 0. The number of alkyl halides is 3. The molecule has 0 spiro atoms. The first-order valence-electron chi connectivity index (χ1n) is 4.84. The monoisotopic (exact) mass is 317 g/mol. The first-order chi connectivity index (χ1) is 8.36. The molecule has 0 aliphatic rings. The lowest BCUT2D eigenvalue weighted by atomic mass is 10.1. The zero-order valence-corrected chi connectivity index (χ0v) is 10.5. The van der Waals surface area contributed by atoms with E-state index in [0.717, 1.165) is 4.47 Å². The summed E-state index contributed by atoms with van der Waals surface area (Å²) in [5.74, 6) is -1.45. The molecule has 18 heavy (non-hydrogen) atoms. The van der Waals surface area contributed by atoms with Crippen molar-refractivity contribution in [2.75, 3.05) is 5.73 Å². The van der Waals surface area contributed by atoms with Crippen LogP contribution in [0, 0.1) is 0 Å². The maximum Gasteiger partial charge on any atom is 0.451 e. The smallest absolute Gasteiger partial charge is 0.384 e. The van der Waals surface area contributed by atoms with Crippen LogP contribution >= 0.6 is 15.9 Å². The molecule has 1 heterocycles. The Kier molecular flexibility index (Phi) is 3.25. The molecule has 7 heteroatoms. The van der Waals surface area contributed by atoms with Gasteiger partial charge in [-0.25, -0.2) is 9.97 Å². The van der Waals surface area contributed by atoms with E-state index in [-0.39, 0.29) is 11.5 Å². The normalized spacial score (nSPS) is 11.6. The second-order valence-electron chi connectivity index (χ2n) is 3.51. The van der Waals surface area contributed by atoms with Gasteiger partial charge in [0, 0.05) is 16.1 Å². The highest BCUT2D eigenvalue weighted by atomic mass is 79.9. The fourth-order valence-electron chi connectivity index (χ4n) is 1.36. The lowest BCUT2D eigenvalue weighted by molar-refractivity contribution is -0.144. The van der Waals surface area contributed by atoms with Crippen molar-refractivity contribution in [3.63, 3.8) is 0 Å².